The van der Waals surface area contributed by atoms with E-state index in [1.807, 2.05) is 0 Å². The second-order valence-electron chi connectivity index (χ2n) is 24.5. The zero-order chi connectivity index (χ0) is 58.5. The van der Waals surface area contributed by atoms with E-state index in [1.54, 1.807) is 0 Å². The lowest BCUT2D eigenvalue weighted by Gasteiger charge is -2.18. The Morgan fingerprint density at radius 1 is 0.247 bits per heavy atom. The van der Waals surface area contributed by atoms with Gasteiger partial charge in [-0.25, -0.2) is 0 Å². The molecule has 6 nitrogen and oxygen atoms in total. The number of carbonyl (C=O) groups is 3. The van der Waals surface area contributed by atoms with Crippen LogP contribution in [0.4, 0.5) is 0 Å². The summed E-state index contributed by atoms with van der Waals surface area (Å²) in [6.45, 7) is 6.68. The number of carbonyl (C=O) groups excluding carboxylic acids is 3. The van der Waals surface area contributed by atoms with Crippen LogP contribution in [0.1, 0.15) is 393 Å². The van der Waals surface area contributed by atoms with E-state index in [2.05, 4.69) is 69.4 Å². The highest BCUT2D eigenvalue weighted by Gasteiger charge is 2.19. The molecule has 1 unspecified atom stereocenters. The summed E-state index contributed by atoms with van der Waals surface area (Å²) in [5, 5.41) is 0. The van der Waals surface area contributed by atoms with Gasteiger partial charge in [0.2, 0.25) is 0 Å². The second-order valence-corrected chi connectivity index (χ2v) is 24.5. The zero-order valence-electron chi connectivity index (χ0n) is 54.6. The molecule has 0 aromatic rings. The highest BCUT2D eigenvalue weighted by atomic mass is 16.6. The molecule has 0 rings (SSSR count). The Labute approximate surface area is 505 Å². The van der Waals surface area contributed by atoms with Gasteiger partial charge < -0.3 is 14.2 Å². The lowest BCUT2D eigenvalue weighted by atomic mass is 10.0. The monoisotopic (exact) mass is 1140 g/mol. The Morgan fingerprint density at radius 2 is 0.444 bits per heavy atom. The summed E-state index contributed by atoms with van der Waals surface area (Å²) >= 11 is 0. The van der Waals surface area contributed by atoms with E-state index in [9.17, 15) is 14.4 Å². The van der Waals surface area contributed by atoms with Crippen molar-refractivity contribution in [3.05, 3.63) is 48.6 Å². The number of allylic oxidation sites excluding steroid dienone is 8. The van der Waals surface area contributed by atoms with Gasteiger partial charge in [0.05, 0.1) is 0 Å². The molecule has 81 heavy (non-hydrogen) atoms. The van der Waals surface area contributed by atoms with Gasteiger partial charge in [0.1, 0.15) is 13.2 Å². The van der Waals surface area contributed by atoms with Crippen LogP contribution < -0.4 is 0 Å². The molecule has 0 N–H and O–H groups in total. The van der Waals surface area contributed by atoms with Crippen LogP contribution in [0.5, 0.6) is 0 Å². The maximum atomic E-state index is 13.0. The van der Waals surface area contributed by atoms with Crippen molar-refractivity contribution in [1.29, 1.82) is 0 Å². The summed E-state index contributed by atoms with van der Waals surface area (Å²) in [5.41, 5.74) is 0. The molecule has 0 spiro atoms. The van der Waals surface area contributed by atoms with Crippen molar-refractivity contribution in [2.45, 2.75) is 399 Å². The minimum Gasteiger partial charge on any atom is -0.462 e. The van der Waals surface area contributed by atoms with Crippen LogP contribution in [0.15, 0.2) is 48.6 Å². The number of rotatable bonds is 67. The molecule has 0 saturated heterocycles. The highest BCUT2D eigenvalue weighted by molar-refractivity contribution is 5.71. The molecule has 0 heterocycles. The fourth-order valence-electron chi connectivity index (χ4n) is 10.8. The van der Waals surface area contributed by atoms with E-state index < -0.39 is 6.10 Å². The van der Waals surface area contributed by atoms with Crippen molar-refractivity contribution in [2.75, 3.05) is 13.2 Å². The first kappa shape index (κ1) is 78.4. The van der Waals surface area contributed by atoms with Crippen molar-refractivity contribution in [2.24, 2.45) is 0 Å². The molecule has 0 saturated carbocycles. The number of hydrogen-bond donors (Lipinski definition) is 0. The fraction of sp³-hybridized carbons (Fsp3) is 0.853. The van der Waals surface area contributed by atoms with Crippen LogP contribution in [0, 0.1) is 0 Å². The summed E-state index contributed by atoms with van der Waals surface area (Å²) in [7, 11) is 0. The van der Waals surface area contributed by atoms with Gasteiger partial charge >= 0.3 is 17.9 Å². The first-order valence-corrected chi connectivity index (χ1v) is 36.1. The third-order valence-electron chi connectivity index (χ3n) is 16.3. The Kier molecular flexibility index (Phi) is 67.6. The van der Waals surface area contributed by atoms with Crippen LogP contribution in [0.25, 0.3) is 0 Å². The maximum absolute atomic E-state index is 13.0. The fourth-order valence-corrected chi connectivity index (χ4v) is 10.8. The van der Waals surface area contributed by atoms with Crippen molar-refractivity contribution in [3.63, 3.8) is 0 Å². The normalized spacial score (nSPS) is 12.3. The van der Waals surface area contributed by atoms with E-state index in [1.165, 1.54) is 283 Å². The van der Waals surface area contributed by atoms with Crippen molar-refractivity contribution >= 4 is 17.9 Å². The summed E-state index contributed by atoms with van der Waals surface area (Å²) in [6, 6.07) is 0. The number of esters is 3. The summed E-state index contributed by atoms with van der Waals surface area (Å²) in [5.74, 6) is -0.856. The second kappa shape index (κ2) is 69.9. The predicted molar refractivity (Wildman–Crippen MR) is 353 cm³/mol. The lowest BCUT2D eigenvalue weighted by molar-refractivity contribution is -0.167. The summed E-state index contributed by atoms with van der Waals surface area (Å²) < 4.78 is 17.0. The quantitative estimate of drug-likeness (QED) is 0.0261. The Hall–Kier alpha value is -2.63. The highest BCUT2D eigenvalue weighted by Crippen LogP contribution is 2.18. The molecule has 0 fully saturated rings. The average molecular weight is 1140 g/mol. The van der Waals surface area contributed by atoms with Gasteiger partial charge in [-0.05, 0) is 103 Å². The molecule has 6 heteroatoms. The molecule has 0 bridgehead atoms. The van der Waals surface area contributed by atoms with E-state index in [0.717, 1.165) is 70.6 Å². The molecule has 0 amide bonds. The third kappa shape index (κ3) is 68.0. The minimum atomic E-state index is -0.778. The van der Waals surface area contributed by atoms with Crippen LogP contribution in [0.2, 0.25) is 0 Å². The van der Waals surface area contributed by atoms with Gasteiger partial charge in [0, 0.05) is 19.3 Å². The van der Waals surface area contributed by atoms with Gasteiger partial charge in [-0.15, -0.1) is 0 Å². The average Bonchev–Trinajstić information content (AvgIpc) is 3.47. The lowest BCUT2D eigenvalue weighted by Crippen LogP contribution is -2.30. The number of ether oxygens (including phenoxy) is 3. The van der Waals surface area contributed by atoms with Gasteiger partial charge in [-0.1, -0.05) is 320 Å². The van der Waals surface area contributed by atoms with Gasteiger partial charge in [-0.3, -0.25) is 14.4 Å². The standard InChI is InChI=1S/C75H138O6/c1-4-7-10-13-16-19-22-25-28-31-33-35-37-39-41-44-47-50-53-56-59-62-65-68-74(77)80-71-72(70-79-73(76)67-64-61-58-55-52-49-46-43-30-27-24-21-18-15-12-9-6-3)81-75(78)69-66-63-60-57-54-51-48-45-42-40-38-36-34-32-29-26-23-20-17-14-11-8-5-2/h18,21,27,30-34,72H,4-17,19-20,22-26,28-29,35-71H2,1-3H3/b21-18-,30-27-,33-31-,34-32-. The Balaban J connectivity index is 4.32. The summed E-state index contributed by atoms with van der Waals surface area (Å²) in [6.07, 6.45) is 88.5. The van der Waals surface area contributed by atoms with E-state index in [4.69, 9.17) is 14.2 Å². The van der Waals surface area contributed by atoms with Crippen LogP contribution in [0.3, 0.4) is 0 Å². The molecule has 0 aliphatic rings. The number of unbranched alkanes of at least 4 members (excludes halogenated alkanes) is 48. The zero-order valence-corrected chi connectivity index (χ0v) is 54.6. The largest absolute Gasteiger partial charge is 0.462 e. The first-order chi connectivity index (χ1) is 40.0. The van der Waals surface area contributed by atoms with E-state index in [0.29, 0.717) is 19.3 Å². The van der Waals surface area contributed by atoms with Crippen molar-refractivity contribution in [1.82, 2.24) is 0 Å². The molecule has 1 atom stereocenters. The molecule has 0 radical (unpaired) electrons. The third-order valence-corrected chi connectivity index (χ3v) is 16.3. The SMILES string of the molecule is CCCCC/C=C\C/C=C\CCCCCCCCCC(=O)OCC(COC(=O)CCCCCCCCCCCCC/C=C\CCCCCCCCCC)OC(=O)CCCCCCCCCCCCC/C=C\CCCCCCCCCC. The predicted octanol–water partition coefficient (Wildman–Crippen LogP) is 24.9. The summed E-state index contributed by atoms with van der Waals surface area (Å²) in [4.78, 5) is 38.5. The molecule has 0 aliphatic heterocycles. The first-order valence-electron chi connectivity index (χ1n) is 36.1. The van der Waals surface area contributed by atoms with Crippen LogP contribution in [-0.2, 0) is 28.6 Å². The topological polar surface area (TPSA) is 78.9 Å². The molecule has 0 aromatic heterocycles. The van der Waals surface area contributed by atoms with Crippen LogP contribution >= 0.6 is 0 Å². The molecular weight excluding hydrogens is 997 g/mol. The van der Waals surface area contributed by atoms with E-state index >= 15 is 0 Å². The van der Waals surface area contributed by atoms with Crippen molar-refractivity contribution < 1.29 is 28.6 Å². The molecule has 0 aromatic carbocycles. The van der Waals surface area contributed by atoms with Gasteiger partial charge in [0.25, 0.3) is 0 Å². The Bertz CT molecular complexity index is 1400. The van der Waals surface area contributed by atoms with Crippen molar-refractivity contribution in [3.8, 4) is 0 Å². The van der Waals surface area contributed by atoms with Gasteiger partial charge in [0.15, 0.2) is 6.10 Å². The maximum Gasteiger partial charge on any atom is 0.306 e. The Morgan fingerprint density at radius 3 is 0.716 bits per heavy atom. The number of hydrogen-bond acceptors (Lipinski definition) is 6. The minimum absolute atomic E-state index is 0.0731. The molecule has 474 valence electrons. The van der Waals surface area contributed by atoms with Gasteiger partial charge in [-0.2, -0.15) is 0 Å². The molecular formula is C75H138O6. The van der Waals surface area contributed by atoms with E-state index in [-0.39, 0.29) is 31.1 Å². The smallest absolute Gasteiger partial charge is 0.306 e. The van der Waals surface area contributed by atoms with Crippen LogP contribution in [-0.4, -0.2) is 37.2 Å². The molecule has 0 aliphatic carbocycles.